The lowest BCUT2D eigenvalue weighted by Gasteiger charge is -1.98. The molecular formula is C12H6ClFN2OS. The number of nitrogens with zero attached hydrogens (tertiary/aromatic N) is 2. The number of pyridine rings is 1. The van der Waals surface area contributed by atoms with E-state index in [0.717, 1.165) is 17.3 Å². The molecule has 2 aromatic heterocycles. The van der Waals surface area contributed by atoms with Crippen molar-refractivity contribution < 1.29 is 8.81 Å². The molecule has 0 aliphatic rings. The summed E-state index contributed by atoms with van der Waals surface area (Å²) < 4.78 is 19.0. The standard InChI is InChI=1S/C12H6ClFN2OS/c13-7-5-8(14)11(15-6-7)18-12-16-9-3-1-2-4-10(9)17-12/h1-6H. The van der Waals surface area contributed by atoms with Crippen LogP contribution in [0.15, 0.2) is 51.2 Å². The van der Waals surface area contributed by atoms with Gasteiger partial charge in [0.2, 0.25) is 0 Å². The lowest BCUT2D eigenvalue weighted by molar-refractivity contribution is 0.487. The van der Waals surface area contributed by atoms with E-state index in [1.54, 1.807) is 6.07 Å². The molecule has 0 N–H and O–H groups in total. The highest BCUT2D eigenvalue weighted by Gasteiger charge is 2.12. The SMILES string of the molecule is Fc1cc(Cl)cnc1Sc1nc2ccccc2o1. The summed E-state index contributed by atoms with van der Waals surface area (Å²) in [6.07, 6.45) is 1.38. The molecule has 0 saturated heterocycles. The Balaban J connectivity index is 1.96. The number of aromatic nitrogens is 2. The van der Waals surface area contributed by atoms with Gasteiger partial charge in [0.1, 0.15) is 10.5 Å². The topological polar surface area (TPSA) is 38.9 Å². The highest BCUT2D eigenvalue weighted by atomic mass is 35.5. The van der Waals surface area contributed by atoms with Crippen LogP contribution in [0.25, 0.3) is 11.1 Å². The summed E-state index contributed by atoms with van der Waals surface area (Å²) in [4.78, 5) is 8.13. The minimum atomic E-state index is -0.491. The molecule has 0 radical (unpaired) electrons. The number of hydrogen-bond acceptors (Lipinski definition) is 4. The van der Waals surface area contributed by atoms with Gasteiger partial charge in [0.25, 0.3) is 5.22 Å². The predicted molar refractivity (Wildman–Crippen MR) is 67.3 cm³/mol. The molecule has 0 atom stereocenters. The molecule has 0 spiro atoms. The first kappa shape index (κ1) is 11.5. The van der Waals surface area contributed by atoms with Gasteiger partial charge in [-0.05, 0) is 30.0 Å². The molecule has 18 heavy (non-hydrogen) atoms. The van der Waals surface area contributed by atoms with Gasteiger partial charge in [-0.15, -0.1) is 0 Å². The van der Waals surface area contributed by atoms with Crippen LogP contribution in [0.4, 0.5) is 4.39 Å². The second-order valence-electron chi connectivity index (χ2n) is 3.49. The predicted octanol–water partition coefficient (Wildman–Crippen LogP) is 4.17. The Hall–Kier alpha value is -1.59. The minimum absolute atomic E-state index is 0.186. The molecule has 90 valence electrons. The van der Waals surface area contributed by atoms with Gasteiger partial charge in [0, 0.05) is 6.20 Å². The summed E-state index contributed by atoms with van der Waals surface area (Å²) in [5.74, 6) is -0.491. The largest absolute Gasteiger partial charge is 0.431 e. The van der Waals surface area contributed by atoms with Gasteiger partial charge in [-0.2, -0.15) is 0 Å². The third kappa shape index (κ3) is 2.19. The molecule has 0 bridgehead atoms. The van der Waals surface area contributed by atoms with Gasteiger partial charge in [0.05, 0.1) is 5.02 Å². The van der Waals surface area contributed by atoms with Crippen LogP contribution in [0.5, 0.6) is 0 Å². The number of oxazole rings is 1. The molecule has 3 aromatic rings. The monoisotopic (exact) mass is 280 g/mol. The number of hydrogen-bond donors (Lipinski definition) is 0. The molecule has 3 rings (SSSR count). The lowest BCUT2D eigenvalue weighted by atomic mass is 10.3. The van der Waals surface area contributed by atoms with Gasteiger partial charge < -0.3 is 4.42 Å². The maximum absolute atomic E-state index is 13.6. The first-order valence-corrected chi connectivity index (χ1v) is 6.26. The summed E-state index contributed by atoms with van der Waals surface area (Å²) in [6.45, 7) is 0. The van der Waals surface area contributed by atoms with Gasteiger partial charge in [-0.3, -0.25) is 0 Å². The number of para-hydroxylation sites is 2. The molecule has 3 nitrogen and oxygen atoms in total. The first-order chi connectivity index (χ1) is 8.72. The van der Waals surface area contributed by atoms with Gasteiger partial charge in [0.15, 0.2) is 11.4 Å². The fraction of sp³-hybridized carbons (Fsp3) is 0. The third-order valence-electron chi connectivity index (χ3n) is 2.23. The molecular weight excluding hydrogens is 275 g/mol. The lowest BCUT2D eigenvalue weighted by Crippen LogP contribution is -1.86. The molecule has 0 aliphatic heterocycles. The van der Waals surface area contributed by atoms with E-state index in [-0.39, 0.29) is 10.0 Å². The molecule has 6 heteroatoms. The van der Waals surface area contributed by atoms with E-state index < -0.39 is 5.82 Å². The molecule has 0 unspecified atom stereocenters. The highest BCUT2D eigenvalue weighted by Crippen LogP contribution is 2.30. The van der Waals surface area contributed by atoms with Crippen molar-refractivity contribution in [1.82, 2.24) is 9.97 Å². The van der Waals surface area contributed by atoms with E-state index in [4.69, 9.17) is 16.0 Å². The van der Waals surface area contributed by atoms with E-state index in [1.165, 1.54) is 12.3 Å². The van der Waals surface area contributed by atoms with Gasteiger partial charge in [-0.1, -0.05) is 23.7 Å². The maximum atomic E-state index is 13.6. The maximum Gasteiger partial charge on any atom is 0.263 e. The minimum Gasteiger partial charge on any atom is -0.431 e. The Morgan fingerprint density at radius 2 is 2.11 bits per heavy atom. The molecule has 0 aliphatic carbocycles. The average Bonchev–Trinajstić information content (AvgIpc) is 2.75. The number of rotatable bonds is 2. The van der Waals surface area contributed by atoms with Gasteiger partial charge >= 0.3 is 0 Å². The second kappa shape index (κ2) is 4.59. The van der Waals surface area contributed by atoms with Gasteiger partial charge in [-0.25, -0.2) is 14.4 Å². The molecule has 1 aromatic carbocycles. The van der Waals surface area contributed by atoms with Crippen LogP contribution < -0.4 is 0 Å². The van der Waals surface area contributed by atoms with E-state index in [2.05, 4.69) is 9.97 Å². The Labute approximate surface area is 111 Å². The summed E-state index contributed by atoms with van der Waals surface area (Å²) in [5.41, 5.74) is 1.39. The first-order valence-electron chi connectivity index (χ1n) is 5.07. The number of halogens is 2. The van der Waals surface area contributed by atoms with Crippen LogP contribution in [0.2, 0.25) is 5.02 Å². The quantitative estimate of drug-likeness (QED) is 0.706. The van der Waals surface area contributed by atoms with Crippen molar-refractivity contribution in [3.8, 4) is 0 Å². The van der Waals surface area contributed by atoms with Crippen molar-refractivity contribution in [1.29, 1.82) is 0 Å². The fourth-order valence-corrected chi connectivity index (χ4v) is 2.30. The van der Waals surface area contributed by atoms with Crippen molar-refractivity contribution in [3.05, 3.63) is 47.4 Å². The number of fused-ring (bicyclic) bond motifs is 1. The summed E-state index contributed by atoms with van der Waals surface area (Å²) in [7, 11) is 0. The van der Waals surface area contributed by atoms with Crippen molar-refractivity contribution >= 4 is 34.5 Å². The third-order valence-corrected chi connectivity index (χ3v) is 3.28. The Morgan fingerprint density at radius 1 is 1.28 bits per heavy atom. The van der Waals surface area contributed by atoms with Crippen LogP contribution in [-0.2, 0) is 0 Å². The fourth-order valence-electron chi connectivity index (χ4n) is 1.45. The van der Waals surface area contributed by atoms with Crippen LogP contribution >= 0.6 is 23.4 Å². The zero-order valence-electron chi connectivity index (χ0n) is 8.93. The summed E-state index contributed by atoms with van der Waals surface area (Å²) in [5, 5.41) is 0.797. The van der Waals surface area contributed by atoms with Crippen LogP contribution in [0.1, 0.15) is 0 Å². The van der Waals surface area contributed by atoms with Crippen molar-refractivity contribution in [2.24, 2.45) is 0 Å². The molecule has 0 amide bonds. The second-order valence-corrected chi connectivity index (χ2v) is 4.87. The molecule has 2 heterocycles. The average molecular weight is 281 g/mol. The van der Waals surface area contributed by atoms with Crippen LogP contribution in [0, 0.1) is 5.82 Å². The van der Waals surface area contributed by atoms with E-state index in [9.17, 15) is 4.39 Å². The number of benzene rings is 1. The van der Waals surface area contributed by atoms with Crippen molar-refractivity contribution in [2.45, 2.75) is 10.2 Å². The zero-order valence-corrected chi connectivity index (χ0v) is 10.5. The smallest absolute Gasteiger partial charge is 0.263 e. The van der Waals surface area contributed by atoms with E-state index >= 15 is 0 Å². The Kier molecular flexibility index (Phi) is 2.93. The van der Waals surface area contributed by atoms with Crippen molar-refractivity contribution in [3.63, 3.8) is 0 Å². The normalized spacial score (nSPS) is 11.0. The van der Waals surface area contributed by atoms with E-state index in [0.29, 0.717) is 10.8 Å². The van der Waals surface area contributed by atoms with Crippen LogP contribution in [-0.4, -0.2) is 9.97 Å². The summed E-state index contributed by atoms with van der Waals surface area (Å²) in [6, 6.07) is 8.55. The highest BCUT2D eigenvalue weighted by molar-refractivity contribution is 7.99. The van der Waals surface area contributed by atoms with Crippen molar-refractivity contribution in [2.75, 3.05) is 0 Å². The van der Waals surface area contributed by atoms with E-state index in [1.807, 2.05) is 18.2 Å². The Morgan fingerprint density at radius 3 is 2.89 bits per heavy atom. The molecule has 0 fully saturated rings. The zero-order chi connectivity index (χ0) is 12.5. The van der Waals surface area contributed by atoms with Crippen LogP contribution in [0.3, 0.4) is 0 Å². The Bertz CT molecular complexity index is 683. The molecule has 0 saturated carbocycles. The summed E-state index contributed by atoms with van der Waals surface area (Å²) >= 11 is 6.66.